The van der Waals surface area contributed by atoms with Gasteiger partial charge in [-0.25, -0.2) is 0 Å². The highest BCUT2D eigenvalue weighted by Gasteiger charge is 2.16. The molecule has 25 heavy (non-hydrogen) atoms. The Bertz CT molecular complexity index is 779. The standard InChI is InChI=1S/C19H24N4O2/c1-14-11-18(25-22-14)13-21-19(20-2)23-9-7-15(8-10-23)16-5-4-6-17(12-16)24-3/h4-7,11-12H,8-10,13H2,1-3H3,(H,20,21). The summed E-state index contributed by atoms with van der Waals surface area (Å²) in [5, 5.41) is 7.24. The van der Waals surface area contributed by atoms with E-state index in [1.807, 2.05) is 25.1 Å². The molecule has 6 nitrogen and oxygen atoms in total. The topological polar surface area (TPSA) is 62.9 Å². The number of guanidine groups is 1. The maximum Gasteiger partial charge on any atom is 0.194 e. The summed E-state index contributed by atoms with van der Waals surface area (Å²) in [4.78, 5) is 6.61. The molecule has 1 aromatic carbocycles. The Morgan fingerprint density at radius 1 is 1.40 bits per heavy atom. The van der Waals surface area contributed by atoms with Crippen molar-refractivity contribution in [1.29, 1.82) is 0 Å². The molecule has 0 bridgehead atoms. The van der Waals surface area contributed by atoms with E-state index in [0.29, 0.717) is 6.54 Å². The van der Waals surface area contributed by atoms with Gasteiger partial charge in [0.05, 0.1) is 19.3 Å². The maximum absolute atomic E-state index is 5.32. The molecule has 1 aliphatic rings. The number of aliphatic imine (C=N–C) groups is 1. The molecule has 2 aromatic rings. The fourth-order valence-electron chi connectivity index (χ4n) is 2.94. The van der Waals surface area contributed by atoms with Crippen molar-refractivity contribution >= 4 is 11.5 Å². The van der Waals surface area contributed by atoms with Gasteiger partial charge in [-0.2, -0.15) is 0 Å². The molecule has 3 rings (SSSR count). The molecular formula is C19H24N4O2. The van der Waals surface area contributed by atoms with Crippen LogP contribution >= 0.6 is 0 Å². The Hall–Kier alpha value is -2.76. The van der Waals surface area contributed by atoms with Gasteiger partial charge in [0, 0.05) is 26.2 Å². The van der Waals surface area contributed by atoms with Gasteiger partial charge in [0.25, 0.3) is 0 Å². The van der Waals surface area contributed by atoms with Crippen molar-refractivity contribution in [3.05, 3.63) is 53.4 Å². The van der Waals surface area contributed by atoms with Crippen LogP contribution in [-0.4, -0.2) is 43.3 Å². The first-order valence-corrected chi connectivity index (χ1v) is 8.41. The second-order valence-corrected chi connectivity index (χ2v) is 5.99. The van der Waals surface area contributed by atoms with Crippen molar-refractivity contribution in [1.82, 2.24) is 15.4 Å². The Labute approximate surface area is 148 Å². The van der Waals surface area contributed by atoms with Gasteiger partial charge in [-0.05, 0) is 36.6 Å². The lowest BCUT2D eigenvalue weighted by Crippen LogP contribution is -2.43. The van der Waals surface area contributed by atoms with Crippen LogP contribution in [0.5, 0.6) is 5.75 Å². The molecule has 1 aliphatic heterocycles. The van der Waals surface area contributed by atoms with Crippen LogP contribution in [0.1, 0.15) is 23.4 Å². The van der Waals surface area contributed by atoms with Crippen molar-refractivity contribution < 1.29 is 9.26 Å². The van der Waals surface area contributed by atoms with Crippen LogP contribution in [-0.2, 0) is 6.54 Å². The van der Waals surface area contributed by atoms with Crippen LogP contribution in [0.3, 0.4) is 0 Å². The number of nitrogens with zero attached hydrogens (tertiary/aromatic N) is 3. The van der Waals surface area contributed by atoms with Crippen LogP contribution in [0.4, 0.5) is 0 Å². The SMILES string of the molecule is CN=C(NCc1cc(C)no1)N1CC=C(c2cccc(OC)c2)CC1. The van der Waals surface area contributed by atoms with Crippen molar-refractivity contribution in [2.75, 3.05) is 27.2 Å². The molecule has 0 aliphatic carbocycles. The molecular weight excluding hydrogens is 316 g/mol. The number of benzene rings is 1. The zero-order chi connectivity index (χ0) is 17.6. The van der Waals surface area contributed by atoms with Crippen LogP contribution in [0.2, 0.25) is 0 Å². The maximum atomic E-state index is 5.32. The van der Waals surface area contributed by atoms with Gasteiger partial charge in [0.15, 0.2) is 11.7 Å². The highest BCUT2D eigenvalue weighted by Crippen LogP contribution is 2.25. The average Bonchev–Trinajstić information content (AvgIpc) is 3.08. The van der Waals surface area contributed by atoms with E-state index in [4.69, 9.17) is 9.26 Å². The van der Waals surface area contributed by atoms with Gasteiger partial charge < -0.3 is 19.5 Å². The van der Waals surface area contributed by atoms with Crippen LogP contribution < -0.4 is 10.1 Å². The van der Waals surface area contributed by atoms with Gasteiger partial charge >= 0.3 is 0 Å². The predicted molar refractivity (Wildman–Crippen MR) is 98.6 cm³/mol. The highest BCUT2D eigenvalue weighted by atomic mass is 16.5. The zero-order valence-electron chi connectivity index (χ0n) is 15.0. The molecule has 0 amide bonds. The lowest BCUT2D eigenvalue weighted by atomic mass is 9.99. The highest BCUT2D eigenvalue weighted by molar-refractivity contribution is 5.81. The Kier molecular flexibility index (Phi) is 5.38. The number of methoxy groups -OCH3 is 1. The molecule has 0 atom stereocenters. The number of rotatable bonds is 4. The molecule has 0 saturated carbocycles. The van der Waals surface area contributed by atoms with E-state index in [2.05, 4.69) is 38.6 Å². The summed E-state index contributed by atoms with van der Waals surface area (Å²) < 4.78 is 10.6. The smallest absolute Gasteiger partial charge is 0.194 e. The Morgan fingerprint density at radius 3 is 2.92 bits per heavy atom. The first-order chi connectivity index (χ1) is 12.2. The van der Waals surface area contributed by atoms with E-state index in [1.165, 1.54) is 11.1 Å². The largest absolute Gasteiger partial charge is 0.497 e. The van der Waals surface area contributed by atoms with Crippen LogP contribution in [0.25, 0.3) is 5.57 Å². The molecule has 0 fully saturated rings. The number of ether oxygens (including phenoxy) is 1. The average molecular weight is 340 g/mol. The van der Waals surface area contributed by atoms with Crippen molar-refractivity contribution in [3.63, 3.8) is 0 Å². The van der Waals surface area contributed by atoms with Gasteiger partial charge in [-0.1, -0.05) is 23.4 Å². The van der Waals surface area contributed by atoms with Gasteiger partial charge in [0.2, 0.25) is 0 Å². The van der Waals surface area contributed by atoms with Gasteiger partial charge in [-0.15, -0.1) is 0 Å². The molecule has 2 heterocycles. The first kappa shape index (κ1) is 17.1. The Morgan fingerprint density at radius 2 is 2.28 bits per heavy atom. The van der Waals surface area contributed by atoms with E-state index in [0.717, 1.165) is 42.7 Å². The third-order valence-electron chi connectivity index (χ3n) is 4.26. The summed E-state index contributed by atoms with van der Waals surface area (Å²) in [5.74, 6) is 2.57. The van der Waals surface area contributed by atoms with Crippen LogP contribution in [0.15, 0.2) is 45.9 Å². The third-order valence-corrected chi connectivity index (χ3v) is 4.26. The number of hydrogen-bond donors (Lipinski definition) is 1. The zero-order valence-corrected chi connectivity index (χ0v) is 15.0. The van der Waals surface area contributed by atoms with E-state index in [-0.39, 0.29) is 0 Å². The summed E-state index contributed by atoms with van der Waals surface area (Å²) in [6.07, 6.45) is 3.22. The minimum Gasteiger partial charge on any atom is -0.497 e. The van der Waals surface area contributed by atoms with Gasteiger partial charge in [0.1, 0.15) is 5.75 Å². The lowest BCUT2D eigenvalue weighted by molar-refractivity contribution is 0.371. The molecule has 1 N–H and O–H groups in total. The van der Waals surface area contributed by atoms with Gasteiger partial charge in [-0.3, -0.25) is 4.99 Å². The molecule has 132 valence electrons. The monoisotopic (exact) mass is 340 g/mol. The van der Waals surface area contributed by atoms with Crippen molar-refractivity contribution in [3.8, 4) is 5.75 Å². The minimum atomic E-state index is 0.580. The van der Waals surface area contributed by atoms with Crippen LogP contribution in [0, 0.1) is 6.92 Å². The molecule has 0 spiro atoms. The fraction of sp³-hybridized carbons (Fsp3) is 0.368. The molecule has 0 saturated heterocycles. The molecule has 0 unspecified atom stereocenters. The first-order valence-electron chi connectivity index (χ1n) is 8.41. The summed E-state index contributed by atoms with van der Waals surface area (Å²) in [6, 6.07) is 10.1. The molecule has 0 radical (unpaired) electrons. The van der Waals surface area contributed by atoms with E-state index < -0.39 is 0 Å². The number of aryl methyl sites for hydroxylation is 1. The number of nitrogens with one attached hydrogen (secondary N) is 1. The normalized spacial score (nSPS) is 15.1. The second-order valence-electron chi connectivity index (χ2n) is 5.99. The minimum absolute atomic E-state index is 0.580. The summed E-state index contributed by atoms with van der Waals surface area (Å²) >= 11 is 0. The van der Waals surface area contributed by atoms with E-state index in [1.54, 1.807) is 14.2 Å². The summed E-state index contributed by atoms with van der Waals surface area (Å²) in [7, 11) is 3.50. The number of aromatic nitrogens is 1. The third kappa shape index (κ3) is 4.21. The molecule has 6 heteroatoms. The van der Waals surface area contributed by atoms with E-state index in [9.17, 15) is 0 Å². The second kappa shape index (κ2) is 7.88. The van der Waals surface area contributed by atoms with E-state index >= 15 is 0 Å². The van der Waals surface area contributed by atoms with Crippen molar-refractivity contribution in [2.24, 2.45) is 4.99 Å². The van der Waals surface area contributed by atoms with Crippen molar-refractivity contribution in [2.45, 2.75) is 19.9 Å². The predicted octanol–water partition coefficient (Wildman–Crippen LogP) is 2.86. The lowest BCUT2D eigenvalue weighted by Gasteiger charge is -2.29. The fourth-order valence-corrected chi connectivity index (χ4v) is 2.94. The summed E-state index contributed by atoms with van der Waals surface area (Å²) in [5.41, 5.74) is 3.45. The number of hydrogen-bond acceptors (Lipinski definition) is 4. The quantitative estimate of drug-likeness (QED) is 0.685. The molecule has 1 aromatic heterocycles. The summed E-state index contributed by atoms with van der Waals surface area (Å²) in [6.45, 7) is 4.23. The Balaban J connectivity index is 1.62.